The second kappa shape index (κ2) is 5.57. The van der Waals surface area contributed by atoms with E-state index in [0.29, 0.717) is 5.56 Å². The van der Waals surface area contributed by atoms with E-state index in [1.165, 1.54) is 0 Å². The third-order valence-corrected chi connectivity index (χ3v) is 3.01. The van der Waals surface area contributed by atoms with Gasteiger partial charge in [0.1, 0.15) is 17.4 Å². The fourth-order valence-electron chi connectivity index (χ4n) is 1.84. The lowest BCUT2D eigenvalue weighted by Crippen LogP contribution is -2.09. The maximum Gasteiger partial charge on any atom is 0.342 e. The summed E-state index contributed by atoms with van der Waals surface area (Å²) in [6.07, 6.45) is -0.353. The van der Waals surface area contributed by atoms with Gasteiger partial charge in [0.05, 0.1) is 0 Å². The molecule has 0 fully saturated rings. The van der Waals surface area contributed by atoms with Crippen LogP contribution < -0.4 is 0 Å². The highest BCUT2D eigenvalue weighted by molar-refractivity contribution is 5.93. The molecule has 0 aromatic heterocycles. The van der Waals surface area contributed by atoms with Gasteiger partial charge >= 0.3 is 5.97 Å². The molecule has 0 spiro atoms. The van der Waals surface area contributed by atoms with E-state index in [-0.39, 0.29) is 17.4 Å². The van der Waals surface area contributed by atoms with Gasteiger partial charge in [-0.3, -0.25) is 0 Å². The number of phenolic OH excluding ortho intramolecular Hbond substituents is 1. The number of phenols is 1. The summed E-state index contributed by atoms with van der Waals surface area (Å²) in [5.74, 6) is -0.537. The molecule has 3 heteroatoms. The Morgan fingerprint density at radius 3 is 2.47 bits per heavy atom. The first-order valence-corrected chi connectivity index (χ1v) is 6.14. The summed E-state index contributed by atoms with van der Waals surface area (Å²) < 4.78 is 5.36. The highest BCUT2D eigenvalue weighted by Crippen LogP contribution is 2.25. The van der Waals surface area contributed by atoms with E-state index in [4.69, 9.17) is 4.74 Å². The maximum atomic E-state index is 12.0. The molecule has 0 radical (unpaired) electrons. The molecule has 1 N–H and O–H groups in total. The van der Waals surface area contributed by atoms with Crippen molar-refractivity contribution in [2.75, 3.05) is 0 Å². The zero-order chi connectivity index (χ0) is 13.8. The predicted octanol–water partition coefficient (Wildman–Crippen LogP) is 3.62. The summed E-state index contributed by atoms with van der Waals surface area (Å²) in [6.45, 7) is 3.55. The fourth-order valence-corrected chi connectivity index (χ4v) is 1.84. The number of para-hydroxylation sites is 1. The second-order valence-electron chi connectivity index (χ2n) is 4.43. The first-order chi connectivity index (χ1) is 9.09. The lowest BCUT2D eigenvalue weighted by molar-refractivity contribution is 0.0334. The molecule has 0 aliphatic heterocycles. The van der Waals surface area contributed by atoms with Crippen molar-refractivity contribution in [3.05, 3.63) is 65.2 Å². The minimum atomic E-state index is -0.516. The molecule has 3 nitrogen and oxygen atoms in total. The van der Waals surface area contributed by atoms with Crippen LogP contribution in [0.1, 0.15) is 34.5 Å². The van der Waals surface area contributed by atoms with Crippen LogP contribution in [-0.2, 0) is 4.74 Å². The minimum Gasteiger partial charge on any atom is -0.507 e. The van der Waals surface area contributed by atoms with Crippen molar-refractivity contribution >= 4 is 5.97 Å². The molecular weight excluding hydrogens is 240 g/mol. The zero-order valence-electron chi connectivity index (χ0n) is 11.0. The predicted molar refractivity (Wildman–Crippen MR) is 73.1 cm³/mol. The van der Waals surface area contributed by atoms with Crippen molar-refractivity contribution in [2.24, 2.45) is 0 Å². The van der Waals surface area contributed by atoms with Crippen molar-refractivity contribution in [1.82, 2.24) is 0 Å². The normalized spacial score (nSPS) is 11.9. The average molecular weight is 256 g/mol. The molecule has 0 aliphatic carbocycles. The summed E-state index contributed by atoms with van der Waals surface area (Å²) in [4.78, 5) is 12.0. The van der Waals surface area contributed by atoms with Crippen LogP contribution in [0.4, 0.5) is 0 Å². The number of aryl methyl sites for hydroxylation is 1. The van der Waals surface area contributed by atoms with Crippen LogP contribution in [-0.4, -0.2) is 11.1 Å². The number of hydrogen-bond acceptors (Lipinski definition) is 3. The van der Waals surface area contributed by atoms with Gasteiger partial charge in [-0.1, -0.05) is 42.5 Å². The summed E-state index contributed by atoms with van der Waals surface area (Å²) in [6, 6.07) is 14.5. The Hall–Kier alpha value is -2.29. The first kappa shape index (κ1) is 13.1. The highest BCUT2D eigenvalue weighted by atomic mass is 16.5. The van der Waals surface area contributed by atoms with Gasteiger partial charge in [-0.15, -0.1) is 0 Å². The molecule has 0 aliphatic rings. The highest BCUT2D eigenvalue weighted by Gasteiger charge is 2.17. The Kier molecular flexibility index (Phi) is 3.85. The van der Waals surface area contributed by atoms with Gasteiger partial charge in [0, 0.05) is 0 Å². The van der Waals surface area contributed by atoms with Gasteiger partial charge in [0.25, 0.3) is 0 Å². The number of aromatic hydroxyl groups is 1. The average Bonchev–Trinajstić information content (AvgIpc) is 2.42. The van der Waals surface area contributed by atoms with Crippen molar-refractivity contribution in [2.45, 2.75) is 20.0 Å². The van der Waals surface area contributed by atoms with Gasteiger partial charge < -0.3 is 9.84 Å². The molecule has 2 rings (SSSR count). The van der Waals surface area contributed by atoms with Crippen molar-refractivity contribution in [3.8, 4) is 5.75 Å². The van der Waals surface area contributed by atoms with Gasteiger partial charge in [-0.2, -0.15) is 0 Å². The second-order valence-corrected chi connectivity index (χ2v) is 4.43. The molecular formula is C16H16O3. The van der Waals surface area contributed by atoms with E-state index in [1.807, 2.05) is 30.3 Å². The number of rotatable bonds is 3. The summed E-state index contributed by atoms with van der Waals surface area (Å²) in [7, 11) is 0. The Labute approximate surface area is 112 Å². The summed E-state index contributed by atoms with van der Waals surface area (Å²) in [5, 5.41) is 9.85. The molecule has 0 unspecified atom stereocenters. The van der Waals surface area contributed by atoms with Crippen LogP contribution in [0.2, 0.25) is 0 Å². The van der Waals surface area contributed by atoms with E-state index < -0.39 is 5.97 Å². The lowest BCUT2D eigenvalue weighted by atomic mass is 10.1. The smallest absolute Gasteiger partial charge is 0.342 e. The standard InChI is InChI=1S/C16H16O3/c1-11-7-6-10-14(15(11)17)16(18)19-12(2)13-8-4-3-5-9-13/h3-10,12,17H,1-2H3/t12-/m0/s1. The largest absolute Gasteiger partial charge is 0.507 e. The topological polar surface area (TPSA) is 46.5 Å². The SMILES string of the molecule is Cc1cccc(C(=O)O[C@@H](C)c2ccccc2)c1O. The van der Waals surface area contributed by atoms with Crippen molar-refractivity contribution < 1.29 is 14.6 Å². The Bertz CT molecular complexity index is 576. The number of esters is 1. The number of benzene rings is 2. The Morgan fingerprint density at radius 1 is 1.11 bits per heavy atom. The van der Waals surface area contributed by atoms with Gasteiger partial charge in [0.15, 0.2) is 0 Å². The minimum absolute atomic E-state index is 0.0206. The van der Waals surface area contributed by atoms with E-state index in [1.54, 1.807) is 32.0 Å². The van der Waals surface area contributed by atoms with Gasteiger partial charge in [-0.25, -0.2) is 4.79 Å². The van der Waals surface area contributed by atoms with Crippen LogP contribution in [0.15, 0.2) is 48.5 Å². The molecule has 19 heavy (non-hydrogen) atoms. The van der Waals surface area contributed by atoms with Crippen LogP contribution in [0.5, 0.6) is 5.75 Å². The Balaban J connectivity index is 2.16. The van der Waals surface area contributed by atoms with Crippen molar-refractivity contribution in [1.29, 1.82) is 0 Å². The number of ether oxygens (including phenoxy) is 1. The molecule has 0 bridgehead atoms. The van der Waals surface area contributed by atoms with E-state index in [9.17, 15) is 9.90 Å². The van der Waals surface area contributed by atoms with E-state index in [2.05, 4.69) is 0 Å². The third-order valence-electron chi connectivity index (χ3n) is 3.01. The fraction of sp³-hybridized carbons (Fsp3) is 0.188. The van der Waals surface area contributed by atoms with Gasteiger partial charge in [-0.05, 0) is 31.0 Å². The molecule has 1 atom stereocenters. The van der Waals surface area contributed by atoms with Gasteiger partial charge in [0.2, 0.25) is 0 Å². The summed E-state index contributed by atoms with van der Waals surface area (Å²) in [5.41, 5.74) is 1.77. The number of carbonyl (C=O) groups excluding carboxylic acids is 1. The number of hydrogen-bond donors (Lipinski definition) is 1. The van der Waals surface area contributed by atoms with E-state index in [0.717, 1.165) is 5.56 Å². The Morgan fingerprint density at radius 2 is 1.79 bits per heavy atom. The first-order valence-electron chi connectivity index (χ1n) is 6.14. The van der Waals surface area contributed by atoms with Crippen LogP contribution >= 0.6 is 0 Å². The van der Waals surface area contributed by atoms with Crippen LogP contribution in [0, 0.1) is 6.92 Å². The molecule has 98 valence electrons. The van der Waals surface area contributed by atoms with Crippen LogP contribution in [0.3, 0.4) is 0 Å². The molecule has 0 heterocycles. The zero-order valence-corrected chi connectivity index (χ0v) is 11.0. The monoisotopic (exact) mass is 256 g/mol. The third kappa shape index (κ3) is 2.94. The summed E-state index contributed by atoms with van der Waals surface area (Å²) >= 11 is 0. The lowest BCUT2D eigenvalue weighted by Gasteiger charge is -2.14. The van der Waals surface area contributed by atoms with E-state index >= 15 is 0 Å². The molecule has 2 aromatic carbocycles. The number of carbonyl (C=O) groups is 1. The molecule has 0 amide bonds. The molecule has 0 saturated carbocycles. The van der Waals surface area contributed by atoms with Crippen LogP contribution in [0.25, 0.3) is 0 Å². The molecule has 2 aromatic rings. The molecule has 0 saturated heterocycles. The quantitative estimate of drug-likeness (QED) is 0.853. The maximum absolute atomic E-state index is 12.0. The van der Waals surface area contributed by atoms with Crippen molar-refractivity contribution in [3.63, 3.8) is 0 Å².